The summed E-state index contributed by atoms with van der Waals surface area (Å²) < 4.78 is 159. The van der Waals surface area contributed by atoms with Crippen molar-refractivity contribution in [3.8, 4) is 0 Å². The van der Waals surface area contributed by atoms with E-state index in [0.717, 1.165) is 43.1 Å². The van der Waals surface area contributed by atoms with Crippen LogP contribution in [-0.4, -0.2) is 200 Å². The Morgan fingerprint density at radius 1 is 0.455 bits per heavy atom. The fourth-order valence-corrected chi connectivity index (χ4v) is 18.2. The number of anilines is 1. The van der Waals surface area contributed by atoms with Crippen LogP contribution in [0.25, 0.3) is 11.2 Å². The van der Waals surface area contributed by atoms with Gasteiger partial charge in [-0.15, -0.1) is 0 Å². The summed E-state index contributed by atoms with van der Waals surface area (Å²) in [5, 5.41) is 19.4. The van der Waals surface area contributed by atoms with E-state index in [1.807, 2.05) is 0 Å². The third-order valence-electron chi connectivity index (χ3n) is 19.4. The van der Waals surface area contributed by atoms with Gasteiger partial charge in [-0.3, -0.25) is 117 Å². The molecular weight excluding hydrogens is 1610 g/mol. The number of azo groups is 1. The molecule has 7 aliphatic heterocycles. The van der Waals surface area contributed by atoms with Gasteiger partial charge in [0.2, 0.25) is 5.95 Å². The first-order valence-corrected chi connectivity index (χ1v) is 41.8. The minimum Gasteiger partial charge on any atom is -0.390 e. The van der Waals surface area contributed by atoms with E-state index in [4.69, 9.17) is 74.7 Å². The lowest BCUT2D eigenvalue weighted by atomic mass is 9.79. The highest BCUT2D eigenvalue weighted by molar-refractivity contribution is 7.48. The van der Waals surface area contributed by atoms with Crippen molar-refractivity contribution in [2.45, 2.75) is 189 Å². The molecule has 0 aromatic carbocycles. The number of ether oxygens (including phenoxy) is 5. The number of aromatic amines is 5. The number of H-pyrrole nitrogens is 5. The molecule has 14 rings (SSSR count). The molecule has 6 fully saturated rings. The summed E-state index contributed by atoms with van der Waals surface area (Å²) in [7, 11) is -27.1. The zero-order valence-electron chi connectivity index (χ0n) is 59.1. The van der Waals surface area contributed by atoms with Gasteiger partial charge in [0, 0.05) is 79.1 Å². The number of hydrogen-bond acceptors (Lipinski definition) is 35. The van der Waals surface area contributed by atoms with Crippen LogP contribution in [0.1, 0.15) is 111 Å². The van der Waals surface area contributed by atoms with Crippen LogP contribution >= 0.6 is 39.1 Å². The average molecular weight is 1690 g/mol. The van der Waals surface area contributed by atoms with Gasteiger partial charge < -0.3 is 59.0 Å². The number of aliphatic hydroxyl groups excluding tert-OH is 1. The molecule has 2 bridgehead atoms. The van der Waals surface area contributed by atoms with Gasteiger partial charge in [0.15, 0.2) is 11.2 Å². The standard InChI is InChI=1S/C57H76N15O35P5/c1-25-14-68(53(79)62-47(25)74)41-10-31(36(100-41)19-93-108(83,84)98-23-57-7-5-29(6-8-57)66-67-57)105-110(87,88)95-21-38-33(12-43(102-38)70-16-27(3)49(76)64-55(70)81)107-112(91,92)97-22-39-34(13-44(103-39)71-17-28(4)50(77)65-56(71)82)106-111(89,90)96-20-37-32(11-42(101-37)69-15-26(2)48(75)63-54(69)80)104-109(85,86)94-18-35-30(73)9-40(99-35)72-24-59-45-46(72)60-52(58)61-51(45)78/h14-17,24,29-44,73H,5-13,18-23H2,1-4H3,(H,83,84)(H,85,86)(H,87,88)(H,89,90)(H,91,92)(H,62,74,79)(H,63,75,80)(H,64,76,81)(H,65,77,82)(H3,58,60,61,78)/t29?,30-,31-,32-,33-,34-,35+,36+,37+,38+,39+,40+,41+,42+,43+,44+,57?/m0/s1. The molecule has 1 saturated carbocycles. The number of nitrogens with one attached hydrogen (secondary N) is 5. The first-order chi connectivity index (χ1) is 52.7. The summed E-state index contributed by atoms with van der Waals surface area (Å²) in [6, 6.07) is 0.0324. The lowest BCUT2D eigenvalue weighted by Crippen LogP contribution is -2.41. The van der Waals surface area contributed by atoms with Gasteiger partial charge in [0.1, 0.15) is 91.6 Å². The van der Waals surface area contributed by atoms with Gasteiger partial charge in [-0.05, 0) is 53.4 Å². The minimum atomic E-state index is -5.66. The van der Waals surface area contributed by atoms with Crippen LogP contribution in [0.15, 0.2) is 84.5 Å². The first-order valence-electron chi connectivity index (χ1n) is 34.3. The Hall–Kier alpha value is -7.22. The maximum Gasteiger partial charge on any atom is 0.472 e. The van der Waals surface area contributed by atoms with Crippen LogP contribution in [0.4, 0.5) is 5.95 Å². The SMILES string of the molecule is Cc1cn([C@H]2C[C@H](OP(=O)(O)OC[C@H]3O[C@@H](n4cc(C)c(=O)[nH]c4=O)C[C@@H]3OP(=O)(O)OC[C@H]3O[C@@H](n4cc(C)c(=O)[nH]c4=O)C[C@@H]3OP(=O)(O)OC[C@H]3O[C@@H](n4cc(C)c(=O)[nH]c4=O)C[C@@H]3OP(=O)(O)OC[C@H]3O[C@@H](n4cnc5c(=O)[nH]c(N)nc54)C[C@@H]3O)[C@@H](COP(=O)(O)OCC34CCC(CC3)N=N4)O2)c(=O)[nH]c1=O. The molecule has 13 heterocycles. The number of rotatable bonds is 31. The van der Waals surface area contributed by atoms with Crippen LogP contribution in [-0.2, 0) is 91.7 Å². The van der Waals surface area contributed by atoms with Crippen LogP contribution in [0, 0.1) is 27.7 Å². The van der Waals surface area contributed by atoms with E-state index in [0.29, 0.717) is 25.7 Å². The van der Waals surface area contributed by atoms with E-state index in [1.165, 1.54) is 38.6 Å². The van der Waals surface area contributed by atoms with Gasteiger partial charge in [0.25, 0.3) is 27.8 Å². The zero-order chi connectivity index (χ0) is 80.5. The smallest absolute Gasteiger partial charge is 0.390 e. The number of aryl methyl sites for hydroxylation is 4. The minimum absolute atomic E-state index is 0.00856. The maximum absolute atomic E-state index is 14.3. The van der Waals surface area contributed by atoms with Crippen molar-refractivity contribution in [1.82, 2.24) is 57.7 Å². The van der Waals surface area contributed by atoms with Crippen LogP contribution in [0.2, 0.25) is 0 Å². The number of hydrogen-bond donors (Lipinski definition) is 12. The Morgan fingerprint density at radius 3 is 1.12 bits per heavy atom. The van der Waals surface area contributed by atoms with E-state index in [2.05, 4.69) is 45.1 Å². The summed E-state index contributed by atoms with van der Waals surface area (Å²) in [6.45, 7) is -0.187. The topological polar surface area (TPSA) is 679 Å². The number of fused-ring (bicyclic) bond motifs is 3. The quantitative estimate of drug-likeness (QED) is 0.0238. The van der Waals surface area contributed by atoms with Crippen molar-refractivity contribution >= 4 is 56.2 Å². The third kappa shape index (κ3) is 19.0. The second-order valence-corrected chi connectivity index (χ2v) is 34.5. The number of nitrogen functional groups attached to an aromatic ring is 1. The lowest BCUT2D eigenvalue weighted by Gasteiger charge is -2.39. The second kappa shape index (κ2) is 32.5. The van der Waals surface area contributed by atoms with Crippen LogP contribution in [0.5, 0.6) is 0 Å². The van der Waals surface area contributed by atoms with E-state index in [-0.39, 0.29) is 58.4 Å². The Bertz CT molecular complexity index is 5440. The number of phosphoric ester groups is 5. The summed E-state index contributed by atoms with van der Waals surface area (Å²) >= 11 is 0. The highest BCUT2D eigenvalue weighted by Gasteiger charge is 2.51. The fourth-order valence-electron chi connectivity index (χ4n) is 13.5. The largest absolute Gasteiger partial charge is 0.472 e. The van der Waals surface area contributed by atoms with Crippen molar-refractivity contribution in [1.29, 1.82) is 0 Å². The third-order valence-corrected chi connectivity index (χ3v) is 24.4. The van der Waals surface area contributed by atoms with Gasteiger partial charge >= 0.3 is 61.9 Å². The van der Waals surface area contributed by atoms with Crippen molar-refractivity contribution in [3.05, 3.63) is 147 Å². The summed E-state index contributed by atoms with van der Waals surface area (Å²) in [4.78, 5) is 190. The Morgan fingerprint density at radius 2 is 0.777 bits per heavy atom. The van der Waals surface area contributed by atoms with E-state index in [9.17, 15) is 95.5 Å². The number of phosphoric acid groups is 5. The average Bonchev–Trinajstić information content (AvgIpc) is 1.33. The number of aliphatic hydroxyl groups is 1. The predicted octanol–water partition coefficient (Wildman–Crippen LogP) is -0.776. The van der Waals surface area contributed by atoms with E-state index >= 15 is 0 Å². The molecule has 614 valence electrons. The molecule has 55 heteroatoms. The molecule has 5 saturated heterocycles. The molecule has 1 aliphatic carbocycles. The molecule has 8 aliphatic rings. The highest BCUT2D eigenvalue weighted by Crippen LogP contribution is 2.56. The van der Waals surface area contributed by atoms with Gasteiger partial charge in [0.05, 0.1) is 58.1 Å². The number of imidazole rings is 1. The molecule has 6 aromatic rings. The molecule has 20 atom stereocenters. The molecule has 50 nitrogen and oxygen atoms in total. The van der Waals surface area contributed by atoms with E-state index in [1.54, 1.807) is 0 Å². The fraction of sp³-hybridized carbons (Fsp3) is 0.632. The van der Waals surface area contributed by atoms with Crippen molar-refractivity contribution in [2.24, 2.45) is 10.2 Å². The maximum atomic E-state index is 14.3. The summed E-state index contributed by atoms with van der Waals surface area (Å²) in [6.07, 6.45) is -18.3. The number of nitrogens with zero attached hydrogens (tertiary/aromatic N) is 9. The van der Waals surface area contributed by atoms with Crippen molar-refractivity contribution in [2.75, 3.05) is 45.4 Å². The summed E-state index contributed by atoms with van der Waals surface area (Å²) in [5.74, 6) is -0.257. The second-order valence-electron chi connectivity index (χ2n) is 27.4. The molecular formula is C57H76N15O35P5. The monoisotopic (exact) mass is 1690 g/mol. The Labute approximate surface area is 625 Å². The molecule has 13 N–H and O–H groups in total. The zero-order valence-corrected chi connectivity index (χ0v) is 63.6. The molecule has 6 aromatic heterocycles. The number of nitrogens with two attached hydrogens (primary N) is 1. The van der Waals surface area contributed by atoms with Crippen molar-refractivity contribution < 1.29 is 121 Å². The van der Waals surface area contributed by atoms with Gasteiger partial charge in [-0.25, -0.2) is 47.0 Å². The van der Waals surface area contributed by atoms with E-state index < -0.39 is 246 Å². The Balaban J connectivity index is 0.694. The van der Waals surface area contributed by atoms with Gasteiger partial charge in [-0.1, -0.05) is 0 Å². The molecule has 112 heavy (non-hydrogen) atoms. The first kappa shape index (κ1) is 82.8. The predicted molar refractivity (Wildman–Crippen MR) is 370 cm³/mol. The normalized spacial score (nSPS) is 31.2. The lowest BCUT2D eigenvalue weighted by molar-refractivity contribution is -0.0650. The Kier molecular flexibility index (Phi) is 24.0. The van der Waals surface area contributed by atoms with Crippen LogP contribution in [0.3, 0.4) is 0 Å². The van der Waals surface area contributed by atoms with Gasteiger partial charge in [-0.2, -0.15) is 15.2 Å². The summed E-state index contributed by atoms with van der Waals surface area (Å²) in [5.41, 5.74) is -3.40. The number of aromatic nitrogens is 12. The molecule has 0 radical (unpaired) electrons. The molecule has 0 amide bonds. The van der Waals surface area contributed by atoms with Crippen molar-refractivity contribution in [3.63, 3.8) is 0 Å². The van der Waals surface area contributed by atoms with Crippen LogP contribution < -0.4 is 56.3 Å². The molecule has 5 unspecified atom stereocenters. The highest BCUT2D eigenvalue weighted by atomic mass is 31.2. The molecule has 0 spiro atoms.